The van der Waals surface area contributed by atoms with Crippen LogP contribution in [-0.4, -0.2) is 36.2 Å². The summed E-state index contributed by atoms with van der Waals surface area (Å²) in [7, 11) is 1.61. The van der Waals surface area contributed by atoms with Crippen LogP contribution in [0.2, 0.25) is 5.02 Å². The molecule has 0 aliphatic heterocycles. The number of thiazole rings is 1. The van der Waals surface area contributed by atoms with Gasteiger partial charge in [0.1, 0.15) is 6.61 Å². The number of methoxy groups -OCH3 is 1. The number of hydrogen-bond donors (Lipinski definition) is 1. The predicted molar refractivity (Wildman–Crippen MR) is 110 cm³/mol. The molecule has 2 aromatic heterocycles. The monoisotopic (exact) mass is 417 g/mol. The lowest BCUT2D eigenvalue weighted by molar-refractivity contribution is -0.115. The maximum Gasteiger partial charge on any atom is 0.230 e. The van der Waals surface area contributed by atoms with E-state index < -0.39 is 0 Å². The van der Waals surface area contributed by atoms with Crippen molar-refractivity contribution in [3.63, 3.8) is 0 Å². The second-order valence-electron chi connectivity index (χ2n) is 5.99. The molecule has 3 aromatic rings. The van der Waals surface area contributed by atoms with E-state index >= 15 is 0 Å². The van der Waals surface area contributed by atoms with E-state index in [9.17, 15) is 4.79 Å². The third-order valence-corrected chi connectivity index (χ3v) is 4.88. The Morgan fingerprint density at radius 2 is 2.14 bits per heavy atom. The van der Waals surface area contributed by atoms with Crippen LogP contribution in [0.25, 0.3) is 0 Å². The van der Waals surface area contributed by atoms with Gasteiger partial charge in [0.25, 0.3) is 0 Å². The number of hydrogen-bond acceptors (Lipinski definition) is 6. The summed E-state index contributed by atoms with van der Waals surface area (Å²) in [5.41, 5.74) is 2.45. The highest BCUT2D eigenvalue weighted by Gasteiger charge is 2.09. The molecule has 8 heteroatoms. The second kappa shape index (κ2) is 10.2. The number of pyridine rings is 1. The van der Waals surface area contributed by atoms with E-state index in [1.54, 1.807) is 25.4 Å². The van der Waals surface area contributed by atoms with Crippen molar-refractivity contribution in [1.29, 1.82) is 0 Å². The highest BCUT2D eigenvalue weighted by molar-refractivity contribution is 7.09. The van der Waals surface area contributed by atoms with Crippen LogP contribution in [0.3, 0.4) is 0 Å². The van der Waals surface area contributed by atoms with Crippen molar-refractivity contribution >= 4 is 34.5 Å². The van der Waals surface area contributed by atoms with Gasteiger partial charge in [0.05, 0.1) is 35.6 Å². The summed E-state index contributed by atoms with van der Waals surface area (Å²) >= 11 is 7.55. The standard InChI is InChI=1S/C20H20ClN3O3S/c1-26-7-8-27-19-6-5-16(12-22-19)23-18(25)11-17-13-28-20(24-17)10-14-3-2-4-15(21)9-14/h2-6,9,12-13H,7-8,10-11H2,1H3,(H,23,25). The minimum absolute atomic E-state index is 0.144. The van der Waals surface area contributed by atoms with E-state index in [1.807, 2.05) is 29.6 Å². The molecular formula is C20H20ClN3O3S. The molecule has 0 saturated carbocycles. The molecule has 3 rings (SSSR count). The third-order valence-electron chi connectivity index (χ3n) is 3.74. The summed E-state index contributed by atoms with van der Waals surface area (Å²) < 4.78 is 10.3. The van der Waals surface area contributed by atoms with Crippen LogP contribution in [0.1, 0.15) is 16.3 Å². The molecule has 1 amide bonds. The number of aromatic nitrogens is 2. The Hall–Kier alpha value is -2.48. The van der Waals surface area contributed by atoms with Crippen molar-refractivity contribution < 1.29 is 14.3 Å². The third kappa shape index (κ3) is 6.30. The average molecular weight is 418 g/mol. The Balaban J connectivity index is 1.50. The summed E-state index contributed by atoms with van der Waals surface area (Å²) in [6.45, 7) is 0.920. The van der Waals surface area contributed by atoms with Gasteiger partial charge in [-0.25, -0.2) is 9.97 Å². The van der Waals surface area contributed by atoms with E-state index in [-0.39, 0.29) is 12.3 Å². The first kappa shape index (κ1) is 20.3. The molecule has 1 N–H and O–H groups in total. The summed E-state index contributed by atoms with van der Waals surface area (Å²) in [5.74, 6) is 0.342. The van der Waals surface area contributed by atoms with Gasteiger partial charge in [-0.3, -0.25) is 4.79 Å². The number of anilines is 1. The highest BCUT2D eigenvalue weighted by atomic mass is 35.5. The van der Waals surface area contributed by atoms with Crippen LogP contribution in [-0.2, 0) is 22.4 Å². The summed E-state index contributed by atoms with van der Waals surface area (Å²) in [6, 6.07) is 11.1. The number of nitrogens with one attached hydrogen (secondary N) is 1. The van der Waals surface area contributed by atoms with Gasteiger partial charge in [0, 0.05) is 30.0 Å². The first-order valence-corrected chi connectivity index (χ1v) is 9.93. The maximum absolute atomic E-state index is 12.3. The molecule has 1 aromatic carbocycles. The normalized spacial score (nSPS) is 10.6. The Morgan fingerprint density at radius 1 is 1.25 bits per heavy atom. The Labute approximate surface area is 172 Å². The van der Waals surface area contributed by atoms with Crippen molar-refractivity contribution in [3.05, 3.63) is 69.3 Å². The molecule has 146 valence electrons. The van der Waals surface area contributed by atoms with Gasteiger partial charge >= 0.3 is 0 Å². The minimum Gasteiger partial charge on any atom is -0.475 e. The quantitative estimate of drug-likeness (QED) is 0.533. The van der Waals surface area contributed by atoms with Gasteiger partial charge < -0.3 is 14.8 Å². The number of benzene rings is 1. The largest absolute Gasteiger partial charge is 0.475 e. The van der Waals surface area contributed by atoms with Crippen LogP contribution in [0.15, 0.2) is 48.0 Å². The van der Waals surface area contributed by atoms with Crippen LogP contribution in [0, 0.1) is 0 Å². The van der Waals surface area contributed by atoms with Gasteiger partial charge in [0.2, 0.25) is 11.8 Å². The molecule has 0 aliphatic carbocycles. The highest BCUT2D eigenvalue weighted by Crippen LogP contribution is 2.18. The van der Waals surface area contributed by atoms with Crippen molar-refractivity contribution in [2.24, 2.45) is 0 Å². The SMILES string of the molecule is COCCOc1ccc(NC(=O)Cc2csc(Cc3cccc(Cl)c3)n2)cn1. The first-order valence-electron chi connectivity index (χ1n) is 8.68. The van der Waals surface area contributed by atoms with Gasteiger partial charge in [-0.2, -0.15) is 0 Å². The molecule has 6 nitrogen and oxygen atoms in total. The van der Waals surface area contributed by atoms with Crippen molar-refractivity contribution in [2.75, 3.05) is 25.6 Å². The lowest BCUT2D eigenvalue weighted by Crippen LogP contribution is -2.15. The van der Waals surface area contributed by atoms with Crippen molar-refractivity contribution in [1.82, 2.24) is 9.97 Å². The fourth-order valence-electron chi connectivity index (χ4n) is 2.47. The number of carbonyl (C=O) groups is 1. The number of carbonyl (C=O) groups excluding carboxylic acids is 1. The van der Waals surface area contributed by atoms with E-state index in [0.29, 0.717) is 36.2 Å². The smallest absolute Gasteiger partial charge is 0.230 e. The average Bonchev–Trinajstić information content (AvgIpc) is 3.10. The van der Waals surface area contributed by atoms with Crippen LogP contribution >= 0.6 is 22.9 Å². The maximum atomic E-state index is 12.3. The number of halogens is 1. The summed E-state index contributed by atoms with van der Waals surface area (Å²) in [4.78, 5) is 20.9. The number of nitrogens with zero attached hydrogens (tertiary/aromatic N) is 2. The van der Waals surface area contributed by atoms with Crippen LogP contribution in [0.4, 0.5) is 5.69 Å². The molecule has 0 saturated heterocycles. The minimum atomic E-state index is -0.144. The molecule has 0 fully saturated rings. The van der Waals surface area contributed by atoms with Crippen LogP contribution in [0.5, 0.6) is 5.88 Å². The Kier molecular flexibility index (Phi) is 7.36. The molecule has 28 heavy (non-hydrogen) atoms. The Morgan fingerprint density at radius 3 is 2.89 bits per heavy atom. The van der Waals surface area contributed by atoms with Gasteiger partial charge in [-0.05, 0) is 23.8 Å². The van der Waals surface area contributed by atoms with Crippen LogP contribution < -0.4 is 10.1 Å². The van der Waals surface area contributed by atoms with Crippen molar-refractivity contribution in [3.8, 4) is 5.88 Å². The van der Waals surface area contributed by atoms with E-state index in [4.69, 9.17) is 21.1 Å². The Bertz CT molecular complexity index is 915. The topological polar surface area (TPSA) is 73.3 Å². The lowest BCUT2D eigenvalue weighted by Gasteiger charge is -2.06. The predicted octanol–water partition coefficient (Wildman–Crippen LogP) is 3.99. The summed E-state index contributed by atoms with van der Waals surface area (Å²) in [6.07, 6.45) is 2.46. The molecule has 0 bridgehead atoms. The van der Waals surface area contributed by atoms with Gasteiger partial charge in [-0.15, -0.1) is 11.3 Å². The van der Waals surface area contributed by atoms with Gasteiger partial charge in [0.15, 0.2) is 0 Å². The second-order valence-corrected chi connectivity index (χ2v) is 7.37. The molecule has 0 aliphatic rings. The van der Waals surface area contributed by atoms with E-state index in [2.05, 4.69) is 15.3 Å². The fourth-order valence-corrected chi connectivity index (χ4v) is 3.51. The zero-order chi connectivity index (χ0) is 19.8. The number of amides is 1. The number of ether oxygens (including phenoxy) is 2. The van der Waals surface area contributed by atoms with E-state index in [0.717, 1.165) is 16.3 Å². The van der Waals surface area contributed by atoms with E-state index in [1.165, 1.54) is 11.3 Å². The fraction of sp³-hybridized carbons (Fsp3) is 0.250. The zero-order valence-corrected chi connectivity index (χ0v) is 16.9. The lowest BCUT2D eigenvalue weighted by atomic mass is 10.2. The molecule has 0 atom stereocenters. The molecule has 2 heterocycles. The zero-order valence-electron chi connectivity index (χ0n) is 15.4. The summed E-state index contributed by atoms with van der Waals surface area (Å²) in [5, 5.41) is 6.38. The molecule has 0 unspecified atom stereocenters. The first-order chi connectivity index (χ1) is 13.6. The molecular weight excluding hydrogens is 398 g/mol. The number of rotatable bonds is 9. The molecule has 0 radical (unpaired) electrons. The van der Waals surface area contributed by atoms with Crippen molar-refractivity contribution in [2.45, 2.75) is 12.8 Å². The van der Waals surface area contributed by atoms with Gasteiger partial charge in [-0.1, -0.05) is 23.7 Å². The molecule has 0 spiro atoms.